The summed E-state index contributed by atoms with van der Waals surface area (Å²) in [7, 11) is 0. The minimum absolute atomic E-state index is 0.0137. The summed E-state index contributed by atoms with van der Waals surface area (Å²) < 4.78 is 18.4. The van der Waals surface area contributed by atoms with Gasteiger partial charge in [0.15, 0.2) is 0 Å². The number of halogens is 1. The second-order valence-electron chi connectivity index (χ2n) is 6.76. The Bertz CT molecular complexity index is 959. The zero-order chi connectivity index (χ0) is 19.3. The van der Waals surface area contributed by atoms with E-state index >= 15 is 0 Å². The van der Waals surface area contributed by atoms with E-state index in [4.69, 9.17) is 4.74 Å². The van der Waals surface area contributed by atoms with Crippen LogP contribution < -0.4 is 10.2 Å². The molecule has 3 aromatic rings. The van der Waals surface area contributed by atoms with Crippen LogP contribution in [0.3, 0.4) is 0 Å². The Balaban J connectivity index is 1.42. The summed E-state index contributed by atoms with van der Waals surface area (Å²) in [6, 6.07) is 11.9. The maximum atomic E-state index is 13.2. The number of nitrogens with one attached hydrogen (secondary N) is 2. The van der Waals surface area contributed by atoms with E-state index in [0.29, 0.717) is 17.8 Å². The number of rotatable bonds is 5. The number of H-pyrrole nitrogens is 1. The van der Waals surface area contributed by atoms with Crippen molar-refractivity contribution in [3.05, 3.63) is 77.6 Å². The van der Waals surface area contributed by atoms with Gasteiger partial charge in [-0.2, -0.15) is 0 Å². The Hall–Kier alpha value is -3.35. The summed E-state index contributed by atoms with van der Waals surface area (Å²) in [5.41, 5.74) is 4.58. The third-order valence-corrected chi connectivity index (χ3v) is 4.71. The highest BCUT2D eigenvalue weighted by Gasteiger charge is 2.18. The molecule has 1 amide bonds. The van der Waals surface area contributed by atoms with Crippen LogP contribution in [0.1, 0.15) is 23.2 Å². The molecule has 1 aliphatic rings. The number of imidazole rings is 1. The van der Waals surface area contributed by atoms with Gasteiger partial charge in [-0.25, -0.2) is 14.2 Å². The minimum atomic E-state index is -0.570. The van der Waals surface area contributed by atoms with Crippen LogP contribution in [0.5, 0.6) is 0 Å². The highest BCUT2D eigenvalue weighted by atomic mass is 19.1. The quantitative estimate of drug-likeness (QED) is 0.694. The van der Waals surface area contributed by atoms with Crippen LogP contribution in [0.15, 0.2) is 55.0 Å². The molecule has 28 heavy (non-hydrogen) atoms. The predicted octanol–water partition coefficient (Wildman–Crippen LogP) is 4.25. The van der Waals surface area contributed by atoms with Gasteiger partial charge < -0.3 is 14.6 Å². The summed E-state index contributed by atoms with van der Waals surface area (Å²) >= 11 is 0. The second-order valence-corrected chi connectivity index (χ2v) is 6.76. The number of aromatic amines is 1. The lowest BCUT2D eigenvalue weighted by atomic mass is 10.0. The number of carbonyl (C=O) groups is 1. The van der Waals surface area contributed by atoms with Crippen molar-refractivity contribution < 1.29 is 13.9 Å². The standard InChI is InChI=1S/C21H21FN4O2/c22-17-5-1-3-15(9-17)13-28-21(27)25-18-7-6-16-4-2-8-26(20(16)10-18)12-19-11-23-14-24-19/h1,3,5-7,9-11,14H,2,4,8,12-13H2,(H,23,24)(H,25,27). The molecule has 0 radical (unpaired) electrons. The molecule has 0 spiro atoms. The first-order valence-electron chi connectivity index (χ1n) is 9.21. The van der Waals surface area contributed by atoms with Crippen LogP contribution in [-0.4, -0.2) is 22.6 Å². The van der Waals surface area contributed by atoms with Gasteiger partial charge >= 0.3 is 6.09 Å². The summed E-state index contributed by atoms with van der Waals surface area (Å²) in [4.78, 5) is 21.7. The number of aryl methyl sites for hydroxylation is 1. The molecule has 2 heterocycles. The molecule has 1 aliphatic heterocycles. The van der Waals surface area contributed by atoms with Crippen molar-refractivity contribution >= 4 is 17.5 Å². The van der Waals surface area contributed by atoms with Crippen molar-refractivity contribution in [3.8, 4) is 0 Å². The van der Waals surface area contributed by atoms with E-state index in [2.05, 4.69) is 20.2 Å². The van der Waals surface area contributed by atoms with Gasteiger partial charge in [-0.3, -0.25) is 5.32 Å². The van der Waals surface area contributed by atoms with Crippen LogP contribution in [0.4, 0.5) is 20.6 Å². The number of aromatic nitrogens is 2. The molecule has 144 valence electrons. The molecule has 6 nitrogen and oxygen atoms in total. The molecule has 0 unspecified atom stereocenters. The number of hydrogen-bond acceptors (Lipinski definition) is 4. The number of hydrogen-bond donors (Lipinski definition) is 2. The van der Waals surface area contributed by atoms with Crippen LogP contribution in [0.25, 0.3) is 0 Å². The third kappa shape index (κ3) is 4.31. The van der Waals surface area contributed by atoms with E-state index < -0.39 is 6.09 Å². The number of fused-ring (bicyclic) bond motifs is 1. The Labute approximate surface area is 162 Å². The van der Waals surface area contributed by atoms with Gasteiger partial charge in [0, 0.05) is 24.1 Å². The third-order valence-electron chi connectivity index (χ3n) is 4.71. The number of amides is 1. The summed E-state index contributed by atoms with van der Waals surface area (Å²) in [5, 5.41) is 2.75. The highest BCUT2D eigenvalue weighted by Crippen LogP contribution is 2.31. The number of carbonyl (C=O) groups excluding carboxylic acids is 1. The molecule has 7 heteroatoms. The molecular formula is C21H21FN4O2. The van der Waals surface area contributed by atoms with E-state index in [1.807, 2.05) is 24.4 Å². The molecule has 2 N–H and O–H groups in total. The van der Waals surface area contributed by atoms with E-state index in [9.17, 15) is 9.18 Å². The van der Waals surface area contributed by atoms with Crippen molar-refractivity contribution in [1.82, 2.24) is 9.97 Å². The topological polar surface area (TPSA) is 70.2 Å². The van der Waals surface area contributed by atoms with Gasteiger partial charge in [-0.05, 0) is 48.2 Å². The summed E-state index contributed by atoms with van der Waals surface area (Å²) in [6.07, 6.45) is 5.09. The van der Waals surface area contributed by atoms with Gasteiger partial charge in [-0.15, -0.1) is 0 Å². The van der Waals surface area contributed by atoms with Crippen LogP contribution in [-0.2, 0) is 24.3 Å². The normalized spacial score (nSPS) is 13.1. The van der Waals surface area contributed by atoms with Gasteiger partial charge in [0.05, 0.1) is 18.6 Å². The average Bonchev–Trinajstić information content (AvgIpc) is 3.20. The fourth-order valence-electron chi connectivity index (χ4n) is 3.39. The number of benzene rings is 2. The van der Waals surface area contributed by atoms with Gasteiger partial charge in [-0.1, -0.05) is 18.2 Å². The zero-order valence-corrected chi connectivity index (χ0v) is 15.3. The molecular weight excluding hydrogens is 359 g/mol. The van der Waals surface area contributed by atoms with E-state index in [1.165, 1.54) is 17.7 Å². The largest absolute Gasteiger partial charge is 0.444 e. The van der Waals surface area contributed by atoms with Crippen molar-refractivity contribution in [2.45, 2.75) is 26.0 Å². The molecule has 0 bridgehead atoms. The molecule has 0 aliphatic carbocycles. The van der Waals surface area contributed by atoms with Crippen LogP contribution in [0.2, 0.25) is 0 Å². The zero-order valence-electron chi connectivity index (χ0n) is 15.3. The Morgan fingerprint density at radius 1 is 1.29 bits per heavy atom. The molecule has 0 fully saturated rings. The van der Waals surface area contributed by atoms with Crippen LogP contribution in [0, 0.1) is 5.82 Å². The molecule has 0 saturated heterocycles. The summed E-state index contributed by atoms with van der Waals surface area (Å²) in [6.45, 7) is 1.66. The highest BCUT2D eigenvalue weighted by molar-refractivity contribution is 5.85. The number of anilines is 2. The molecule has 1 aromatic heterocycles. The average molecular weight is 380 g/mol. The maximum Gasteiger partial charge on any atom is 0.411 e. The second kappa shape index (κ2) is 8.12. The first-order chi connectivity index (χ1) is 13.7. The Kier molecular flexibility index (Phi) is 5.23. The lowest BCUT2D eigenvalue weighted by molar-refractivity contribution is 0.155. The Morgan fingerprint density at radius 3 is 3.04 bits per heavy atom. The Morgan fingerprint density at radius 2 is 2.21 bits per heavy atom. The molecule has 0 atom stereocenters. The van der Waals surface area contributed by atoms with Crippen molar-refractivity contribution in [3.63, 3.8) is 0 Å². The number of ether oxygens (including phenoxy) is 1. The van der Waals surface area contributed by atoms with E-state index in [1.54, 1.807) is 18.5 Å². The fourth-order valence-corrected chi connectivity index (χ4v) is 3.39. The molecule has 0 saturated carbocycles. The minimum Gasteiger partial charge on any atom is -0.444 e. The molecule has 2 aromatic carbocycles. The number of nitrogens with zero attached hydrogens (tertiary/aromatic N) is 2. The molecule has 4 rings (SSSR count). The predicted molar refractivity (Wildman–Crippen MR) is 105 cm³/mol. The first-order valence-corrected chi connectivity index (χ1v) is 9.21. The van der Waals surface area contributed by atoms with Crippen LogP contribution >= 0.6 is 0 Å². The van der Waals surface area contributed by atoms with Gasteiger partial charge in [0.2, 0.25) is 0 Å². The maximum absolute atomic E-state index is 13.2. The van der Waals surface area contributed by atoms with Crippen molar-refractivity contribution in [2.75, 3.05) is 16.8 Å². The van der Waals surface area contributed by atoms with E-state index in [-0.39, 0.29) is 12.4 Å². The first kappa shape index (κ1) is 18.0. The lowest BCUT2D eigenvalue weighted by Gasteiger charge is -2.31. The lowest BCUT2D eigenvalue weighted by Crippen LogP contribution is -2.29. The SMILES string of the molecule is O=C(Nc1ccc2c(c1)N(Cc1c[nH]cn1)CCC2)OCc1cccc(F)c1. The van der Waals surface area contributed by atoms with E-state index in [0.717, 1.165) is 30.8 Å². The fraction of sp³-hybridized carbons (Fsp3) is 0.238. The summed E-state index contributed by atoms with van der Waals surface area (Å²) in [5.74, 6) is -0.354. The monoisotopic (exact) mass is 380 g/mol. The smallest absolute Gasteiger partial charge is 0.411 e. The van der Waals surface area contributed by atoms with Crippen molar-refractivity contribution in [1.29, 1.82) is 0 Å². The van der Waals surface area contributed by atoms with Crippen molar-refractivity contribution in [2.24, 2.45) is 0 Å². The van der Waals surface area contributed by atoms with Gasteiger partial charge in [0.25, 0.3) is 0 Å². The van der Waals surface area contributed by atoms with Gasteiger partial charge in [0.1, 0.15) is 12.4 Å².